The molecule has 0 aliphatic rings. The summed E-state index contributed by atoms with van der Waals surface area (Å²) in [4.78, 5) is 25.0. The molecule has 0 aliphatic heterocycles. The molecule has 0 radical (unpaired) electrons. The van der Waals surface area contributed by atoms with Crippen molar-refractivity contribution in [1.82, 2.24) is 25.5 Å². The third-order valence-corrected chi connectivity index (χ3v) is 5.72. The van der Waals surface area contributed by atoms with E-state index >= 15 is 0 Å². The van der Waals surface area contributed by atoms with Crippen LogP contribution in [-0.2, 0) is 33.7 Å². The van der Waals surface area contributed by atoms with E-state index in [0.717, 1.165) is 18.1 Å². The zero-order valence-corrected chi connectivity index (χ0v) is 21.9. The van der Waals surface area contributed by atoms with Crippen molar-refractivity contribution >= 4 is 11.7 Å². The SMILES string of the molecule is CC(=O)NCCOCCOCCCC(=O)c1ccc(Cc2ccc(C(C)(F)F)cc2)c(-c2nnn(C)n2)c1. The Labute approximate surface area is 220 Å². The van der Waals surface area contributed by atoms with Crippen LogP contribution in [0.3, 0.4) is 0 Å². The minimum atomic E-state index is -2.90. The van der Waals surface area contributed by atoms with E-state index in [1.165, 1.54) is 23.9 Å². The third-order valence-electron chi connectivity index (χ3n) is 5.72. The van der Waals surface area contributed by atoms with E-state index in [1.54, 1.807) is 31.3 Å². The summed E-state index contributed by atoms with van der Waals surface area (Å²) in [7, 11) is 1.66. The molecule has 3 aromatic rings. The number of tetrazole rings is 1. The van der Waals surface area contributed by atoms with E-state index < -0.39 is 5.92 Å². The van der Waals surface area contributed by atoms with Gasteiger partial charge in [-0.2, -0.15) is 4.80 Å². The van der Waals surface area contributed by atoms with Crippen molar-refractivity contribution in [2.24, 2.45) is 7.05 Å². The second kappa shape index (κ2) is 13.8. The average Bonchev–Trinajstić information content (AvgIpc) is 3.31. The lowest BCUT2D eigenvalue weighted by atomic mass is 9.94. The van der Waals surface area contributed by atoms with E-state index in [0.29, 0.717) is 69.2 Å². The van der Waals surface area contributed by atoms with Gasteiger partial charge in [0.2, 0.25) is 11.7 Å². The van der Waals surface area contributed by atoms with E-state index in [4.69, 9.17) is 9.47 Å². The number of carbonyl (C=O) groups is 2. The van der Waals surface area contributed by atoms with Crippen LogP contribution in [-0.4, -0.2) is 64.9 Å². The molecule has 1 heterocycles. The highest BCUT2D eigenvalue weighted by molar-refractivity contribution is 5.97. The number of hydrogen-bond acceptors (Lipinski definition) is 7. The Bertz CT molecular complexity index is 1210. The Morgan fingerprint density at radius 1 is 1.03 bits per heavy atom. The van der Waals surface area contributed by atoms with E-state index in [2.05, 4.69) is 20.7 Å². The van der Waals surface area contributed by atoms with Crippen molar-refractivity contribution in [3.05, 3.63) is 64.7 Å². The molecule has 2 aromatic carbocycles. The first kappa shape index (κ1) is 29.0. The molecule has 0 saturated heterocycles. The van der Waals surface area contributed by atoms with Crippen LogP contribution in [0.4, 0.5) is 8.78 Å². The van der Waals surface area contributed by atoms with Crippen LogP contribution in [0.2, 0.25) is 0 Å². The minimum Gasteiger partial charge on any atom is -0.379 e. The molecule has 0 atom stereocenters. The number of Topliss-reactive ketones (excluding diaryl/α,β-unsaturated/α-hetero) is 1. The Hall–Kier alpha value is -3.57. The van der Waals surface area contributed by atoms with Crippen LogP contribution in [0.1, 0.15) is 53.7 Å². The lowest BCUT2D eigenvalue weighted by Crippen LogP contribution is -2.24. The number of benzene rings is 2. The fraction of sp³-hybridized carbons (Fsp3) is 0.444. The van der Waals surface area contributed by atoms with Crippen molar-refractivity contribution in [3.63, 3.8) is 0 Å². The van der Waals surface area contributed by atoms with Crippen LogP contribution < -0.4 is 5.32 Å². The van der Waals surface area contributed by atoms with Gasteiger partial charge in [-0.1, -0.05) is 36.4 Å². The number of hydrogen-bond donors (Lipinski definition) is 1. The number of aryl methyl sites for hydroxylation is 1. The van der Waals surface area contributed by atoms with Gasteiger partial charge in [0.25, 0.3) is 5.92 Å². The van der Waals surface area contributed by atoms with Crippen molar-refractivity contribution in [2.45, 2.75) is 39.0 Å². The normalized spacial score (nSPS) is 11.5. The number of alkyl halides is 2. The van der Waals surface area contributed by atoms with E-state index in [-0.39, 0.29) is 17.3 Å². The highest BCUT2D eigenvalue weighted by Gasteiger charge is 2.23. The summed E-state index contributed by atoms with van der Waals surface area (Å²) in [6.07, 6.45) is 1.32. The number of amides is 1. The van der Waals surface area contributed by atoms with Crippen LogP contribution >= 0.6 is 0 Å². The molecule has 1 aromatic heterocycles. The van der Waals surface area contributed by atoms with Gasteiger partial charge in [0, 0.05) is 50.1 Å². The summed E-state index contributed by atoms with van der Waals surface area (Å²) in [5, 5.41) is 14.9. The maximum atomic E-state index is 13.6. The largest absolute Gasteiger partial charge is 0.379 e. The minimum absolute atomic E-state index is 0.0358. The van der Waals surface area contributed by atoms with E-state index in [9.17, 15) is 18.4 Å². The summed E-state index contributed by atoms with van der Waals surface area (Å²) >= 11 is 0. The molecule has 1 N–H and O–H groups in total. The Morgan fingerprint density at radius 2 is 1.74 bits per heavy atom. The maximum Gasteiger partial charge on any atom is 0.270 e. The first-order valence-electron chi connectivity index (χ1n) is 12.4. The lowest BCUT2D eigenvalue weighted by molar-refractivity contribution is -0.119. The summed E-state index contributed by atoms with van der Waals surface area (Å²) in [5.74, 6) is -2.65. The summed E-state index contributed by atoms with van der Waals surface area (Å²) in [5.41, 5.74) is 2.85. The van der Waals surface area contributed by atoms with E-state index in [1.807, 2.05) is 6.07 Å². The second-order valence-corrected chi connectivity index (χ2v) is 8.97. The molecular formula is C27H33F2N5O4. The Balaban J connectivity index is 1.57. The molecule has 0 unspecified atom stereocenters. The zero-order valence-electron chi connectivity index (χ0n) is 21.9. The van der Waals surface area contributed by atoms with Gasteiger partial charge in [-0.15, -0.1) is 10.2 Å². The number of ether oxygens (including phenoxy) is 2. The fourth-order valence-electron chi connectivity index (χ4n) is 3.74. The summed E-state index contributed by atoms with van der Waals surface area (Å²) < 4.78 is 38.0. The molecule has 3 rings (SSSR count). The van der Waals surface area contributed by atoms with Crippen LogP contribution in [0.15, 0.2) is 42.5 Å². The van der Waals surface area contributed by atoms with Crippen LogP contribution in [0, 0.1) is 0 Å². The number of nitrogens with zero attached hydrogens (tertiary/aromatic N) is 4. The summed E-state index contributed by atoms with van der Waals surface area (Å²) in [6.45, 7) is 4.43. The Morgan fingerprint density at radius 3 is 2.37 bits per heavy atom. The highest BCUT2D eigenvalue weighted by Crippen LogP contribution is 2.29. The van der Waals surface area contributed by atoms with Gasteiger partial charge in [0.1, 0.15) is 0 Å². The number of ketones is 1. The Kier molecular flexibility index (Phi) is 10.5. The fourth-order valence-corrected chi connectivity index (χ4v) is 3.74. The van der Waals surface area contributed by atoms with Crippen molar-refractivity contribution in [2.75, 3.05) is 33.0 Å². The van der Waals surface area contributed by atoms with Crippen molar-refractivity contribution in [1.29, 1.82) is 0 Å². The van der Waals surface area contributed by atoms with Gasteiger partial charge in [0.15, 0.2) is 5.78 Å². The van der Waals surface area contributed by atoms with Gasteiger partial charge in [-0.25, -0.2) is 8.78 Å². The van der Waals surface area contributed by atoms with Gasteiger partial charge >= 0.3 is 0 Å². The highest BCUT2D eigenvalue weighted by atomic mass is 19.3. The zero-order chi connectivity index (χ0) is 27.5. The van der Waals surface area contributed by atoms with Gasteiger partial charge < -0.3 is 14.8 Å². The molecule has 0 saturated carbocycles. The van der Waals surface area contributed by atoms with Crippen LogP contribution in [0.25, 0.3) is 11.4 Å². The van der Waals surface area contributed by atoms with Gasteiger partial charge in [-0.3, -0.25) is 9.59 Å². The van der Waals surface area contributed by atoms with Gasteiger partial charge in [-0.05, 0) is 35.2 Å². The molecule has 0 spiro atoms. The molecule has 0 aliphatic carbocycles. The molecule has 204 valence electrons. The molecule has 9 nitrogen and oxygen atoms in total. The maximum absolute atomic E-state index is 13.6. The monoisotopic (exact) mass is 529 g/mol. The topological polar surface area (TPSA) is 108 Å². The molecule has 1 amide bonds. The predicted octanol–water partition coefficient (Wildman–Crippen LogP) is 3.71. The summed E-state index contributed by atoms with van der Waals surface area (Å²) in [6, 6.07) is 11.6. The number of aromatic nitrogens is 4. The molecule has 0 bridgehead atoms. The standard InChI is InChI=1S/C27H33F2N5O4/c1-19(35)30-12-14-38-16-15-37-13-4-5-25(36)22-9-8-21(24(18-22)26-31-33-34(3)32-26)17-20-6-10-23(11-7-20)27(2,28)29/h6-11,18H,4-5,12-17H2,1-3H3,(H,30,35). The molecular weight excluding hydrogens is 496 g/mol. The molecule has 38 heavy (non-hydrogen) atoms. The van der Waals surface area contributed by atoms with Crippen LogP contribution in [0.5, 0.6) is 0 Å². The average molecular weight is 530 g/mol. The number of halogens is 2. The first-order valence-corrected chi connectivity index (χ1v) is 12.4. The van der Waals surface area contributed by atoms with Gasteiger partial charge in [0.05, 0.1) is 26.9 Å². The van der Waals surface area contributed by atoms with Crippen molar-refractivity contribution < 1.29 is 27.8 Å². The molecule has 0 fully saturated rings. The number of rotatable bonds is 15. The number of carbonyl (C=O) groups excluding carboxylic acids is 2. The third kappa shape index (κ3) is 9.07. The molecule has 11 heteroatoms. The predicted molar refractivity (Wildman–Crippen MR) is 137 cm³/mol. The second-order valence-electron chi connectivity index (χ2n) is 8.97. The number of nitrogens with one attached hydrogen (secondary N) is 1. The smallest absolute Gasteiger partial charge is 0.270 e. The quantitative estimate of drug-likeness (QED) is 0.236. The lowest BCUT2D eigenvalue weighted by Gasteiger charge is -2.12. The van der Waals surface area contributed by atoms with Crippen molar-refractivity contribution in [3.8, 4) is 11.4 Å². The first-order chi connectivity index (χ1) is 18.1.